The maximum atomic E-state index is 12.9. The number of aliphatic hydroxyl groups is 1. The molecule has 0 fully saturated rings. The predicted molar refractivity (Wildman–Crippen MR) is 97.7 cm³/mol. The van der Waals surface area contributed by atoms with Crippen molar-refractivity contribution >= 4 is 5.91 Å². The minimum absolute atomic E-state index is 0.101. The van der Waals surface area contributed by atoms with Crippen molar-refractivity contribution in [1.29, 1.82) is 0 Å². The smallest absolute Gasteiger partial charge is 0.260 e. The second-order valence-electron chi connectivity index (χ2n) is 6.97. The summed E-state index contributed by atoms with van der Waals surface area (Å²) in [6.07, 6.45) is 0.116. The lowest BCUT2D eigenvalue weighted by molar-refractivity contribution is -0.134. The van der Waals surface area contributed by atoms with Gasteiger partial charge in [-0.15, -0.1) is 0 Å². The van der Waals surface area contributed by atoms with Crippen LogP contribution in [-0.4, -0.2) is 64.4 Å². The maximum absolute atomic E-state index is 12.9. The van der Waals surface area contributed by atoms with Gasteiger partial charge < -0.3 is 19.6 Å². The fourth-order valence-corrected chi connectivity index (χ4v) is 3.07. The average Bonchev–Trinajstić information content (AvgIpc) is 2.92. The molecule has 1 aliphatic heterocycles. The van der Waals surface area contributed by atoms with Gasteiger partial charge >= 0.3 is 0 Å². The Morgan fingerprint density at radius 3 is 2.78 bits per heavy atom. The van der Waals surface area contributed by atoms with Crippen LogP contribution in [0.5, 0.6) is 5.75 Å². The predicted octanol–water partition coefficient (Wildman–Crippen LogP) is 1.43. The van der Waals surface area contributed by atoms with Gasteiger partial charge in [0.15, 0.2) is 6.61 Å². The van der Waals surface area contributed by atoms with Gasteiger partial charge in [0.1, 0.15) is 17.7 Å². The Kier molecular flexibility index (Phi) is 6.08. The van der Waals surface area contributed by atoms with Crippen LogP contribution in [0, 0.1) is 5.82 Å². The van der Waals surface area contributed by atoms with Crippen LogP contribution in [-0.2, 0) is 17.9 Å². The number of rotatable bonds is 6. The Morgan fingerprint density at radius 2 is 2.07 bits per heavy atom. The van der Waals surface area contributed by atoms with Crippen LogP contribution >= 0.6 is 0 Å². The van der Waals surface area contributed by atoms with Crippen molar-refractivity contribution in [2.45, 2.75) is 25.6 Å². The van der Waals surface area contributed by atoms with Crippen molar-refractivity contribution in [2.75, 3.05) is 33.8 Å². The van der Waals surface area contributed by atoms with E-state index in [1.165, 1.54) is 24.3 Å². The van der Waals surface area contributed by atoms with Crippen LogP contribution in [0.4, 0.5) is 4.39 Å². The van der Waals surface area contributed by atoms with Crippen molar-refractivity contribution in [3.05, 3.63) is 47.5 Å². The molecule has 8 heteroatoms. The number of amides is 1. The number of fused-ring (bicyclic) bond motifs is 1. The number of ether oxygens (including phenoxy) is 1. The zero-order valence-electron chi connectivity index (χ0n) is 15.6. The Balaban J connectivity index is 1.62. The molecule has 0 aliphatic carbocycles. The quantitative estimate of drug-likeness (QED) is 0.826. The van der Waals surface area contributed by atoms with Crippen LogP contribution in [0.25, 0.3) is 0 Å². The summed E-state index contributed by atoms with van der Waals surface area (Å²) in [5.74, 6) is -0.0233. The van der Waals surface area contributed by atoms with Crippen LogP contribution in [0.2, 0.25) is 0 Å². The highest BCUT2D eigenvalue weighted by molar-refractivity contribution is 5.77. The average molecular weight is 376 g/mol. The Bertz CT molecular complexity index is 776. The molecule has 1 N–H and O–H groups in total. The highest BCUT2D eigenvalue weighted by atomic mass is 19.1. The highest BCUT2D eigenvalue weighted by Crippen LogP contribution is 2.19. The maximum Gasteiger partial charge on any atom is 0.260 e. The first-order valence-electron chi connectivity index (χ1n) is 8.98. The number of benzene rings is 1. The fraction of sp³-hybridized carbons (Fsp3) is 0.474. The van der Waals surface area contributed by atoms with Gasteiger partial charge in [-0.25, -0.2) is 4.39 Å². The third kappa shape index (κ3) is 5.05. The van der Waals surface area contributed by atoms with Gasteiger partial charge in [-0.3, -0.25) is 9.48 Å². The van der Waals surface area contributed by atoms with Crippen molar-refractivity contribution < 1.29 is 19.0 Å². The third-order valence-electron chi connectivity index (χ3n) is 4.44. The Hall–Kier alpha value is -2.45. The van der Waals surface area contributed by atoms with E-state index in [-0.39, 0.29) is 18.3 Å². The van der Waals surface area contributed by atoms with E-state index in [0.29, 0.717) is 37.6 Å². The number of aryl methyl sites for hydroxylation is 1. The van der Waals surface area contributed by atoms with Crippen molar-refractivity contribution in [2.24, 2.45) is 0 Å². The molecule has 27 heavy (non-hydrogen) atoms. The summed E-state index contributed by atoms with van der Waals surface area (Å²) in [6, 6.07) is 7.45. The number of aliphatic hydroxyl groups excluding tert-OH is 1. The van der Waals surface area contributed by atoms with Gasteiger partial charge in [0, 0.05) is 19.6 Å². The number of aromatic nitrogens is 2. The van der Waals surface area contributed by atoms with Crippen molar-refractivity contribution in [3.8, 4) is 5.75 Å². The molecule has 1 atom stereocenters. The second-order valence-corrected chi connectivity index (χ2v) is 6.97. The van der Waals surface area contributed by atoms with E-state index >= 15 is 0 Å². The lowest BCUT2D eigenvalue weighted by atomic mass is 10.2. The molecule has 0 radical (unpaired) electrons. The topological polar surface area (TPSA) is 70.8 Å². The van der Waals surface area contributed by atoms with Crippen LogP contribution in [0.3, 0.4) is 0 Å². The molecule has 0 spiro atoms. The summed E-state index contributed by atoms with van der Waals surface area (Å²) >= 11 is 0. The molecule has 2 aromatic rings. The largest absolute Gasteiger partial charge is 0.484 e. The number of carbonyl (C=O) groups excluding carboxylic acids is 1. The van der Waals surface area contributed by atoms with Crippen LogP contribution < -0.4 is 4.74 Å². The third-order valence-corrected chi connectivity index (χ3v) is 4.44. The van der Waals surface area contributed by atoms with Crippen molar-refractivity contribution in [3.63, 3.8) is 0 Å². The van der Waals surface area contributed by atoms with Gasteiger partial charge in [0.2, 0.25) is 0 Å². The molecule has 0 bridgehead atoms. The van der Waals surface area contributed by atoms with Gasteiger partial charge in [-0.1, -0.05) is 0 Å². The summed E-state index contributed by atoms with van der Waals surface area (Å²) in [6.45, 7) is 2.13. The minimum atomic E-state index is -0.662. The molecule has 3 rings (SSSR count). The molecule has 2 heterocycles. The Morgan fingerprint density at radius 1 is 1.33 bits per heavy atom. The monoisotopic (exact) mass is 376 g/mol. The van der Waals surface area contributed by atoms with E-state index in [0.717, 1.165) is 12.1 Å². The van der Waals surface area contributed by atoms with Crippen LogP contribution in [0.1, 0.15) is 23.9 Å². The summed E-state index contributed by atoms with van der Waals surface area (Å²) in [5, 5.41) is 14.8. The van der Waals surface area contributed by atoms with Gasteiger partial charge in [-0.2, -0.15) is 5.10 Å². The standard InChI is InChI=1S/C19H25FN4O3/c1-22(2)12-18(25)17-10-15-11-23(8-3-9-24(15)21-17)19(26)13-27-16-6-4-14(20)5-7-16/h4-7,10,18,25H,3,8-9,11-13H2,1-2H3/t18-/m0/s1. The number of likely N-dealkylation sites (N-methyl/N-ethyl adjacent to an activating group) is 1. The SMILES string of the molecule is CN(C)C[C@H](O)c1cc2n(n1)CCCN(C(=O)COc1ccc(F)cc1)C2. The zero-order chi connectivity index (χ0) is 19.4. The van der Waals surface area contributed by atoms with E-state index in [9.17, 15) is 14.3 Å². The molecule has 0 unspecified atom stereocenters. The molecule has 1 aromatic heterocycles. The van der Waals surface area contributed by atoms with Gasteiger partial charge in [0.05, 0.1) is 17.9 Å². The fourth-order valence-electron chi connectivity index (χ4n) is 3.07. The molecule has 146 valence electrons. The first-order chi connectivity index (χ1) is 12.9. The van der Waals surface area contributed by atoms with Gasteiger partial charge in [-0.05, 0) is 50.8 Å². The summed E-state index contributed by atoms with van der Waals surface area (Å²) in [5.41, 5.74) is 1.52. The lowest BCUT2D eigenvalue weighted by Crippen LogP contribution is -2.34. The van der Waals surface area contributed by atoms with Crippen molar-refractivity contribution in [1.82, 2.24) is 19.6 Å². The summed E-state index contributed by atoms with van der Waals surface area (Å²) < 4.78 is 20.3. The molecule has 0 saturated carbocycles. The van der Waals surface area contributed by atoms with E-state index in [2.05, 4.69) is 5.10 Å². The highest BCUT2D eigenvalue weighted by Gasteiger charge is 2.23. The molecule has 1 aliphatic rings. The molecule has 1 aromatic carbocycles. The normalized spacial score (nSPS) is 15.4. The number of carbonyl (C=O) groups is 1. The first kappa shape index (κ1) is 19.3. The lowest BCUT2D eigenvalue weighted by Gasteiger charge is -2.20. The first-order valence-corrected chi connectivity index (χ1v) is 8.98. The molecule has 1 amide bonds. The second kappa shape index (κ2) is 8.49. The number of hydrogen-bond donors (Lipinski definition) is 1. The van der Waals surface area contributed by atoms with E-state index in [1.807, 2.05) is 29.7 Å². The van der Waals surface area contributed by atoms with E-state index in [1.54, 1.807) is 4.90 Å². The van der Waals surface area contributed by atoms with E-state index in [4.69, 9.17) is 4.74 Å². The zero-order valence-corrected chi connectivity index (χ0v) is 15.6. The molecule has 0 saturated heterocycles. The number of halogens is 1. The summed E-state index contributed by atoms with van der Waals surface area (Å²) in [7, 11) is 3.79. The minimum Gasteiger partial charge on any atom is -0.484 e. The van der Waals surface area contributed by atoms with Crippen LogP contribution in [0.15, 0.2) is 30.3 Å². The number of hydrogen-bond acceptors (Lipinski definition) is 5. The van der Waals surface area contributed by atoms with Gasteiger partial charge in [0.25, 0.3) is 5.91 Å². The summed E-state index contributed by atoms with van der Waals surface area (Å²) in [4.78, 5) is 16.2. The molecular weight excluding hydrogens is 351 g/mol. The number of nitrogens with zero attached hydrogens (tertiary/aromatic N) is 4. The Labute approximate surface area is 157 Å². The molecule has 7 nitrogen and oxygen atoms in total. The molecular formula is C19H25FN4O3. The van der Waals surface area contributed by atoms with E-state index < -0.39 is 6.10 Å².